The Balaban J connectivity index is 4.95. The van der Waals surface area contributed by atoms with E-state index < -0.39 is 0 Å². The van der Waals surface area contributed by atoms with E-state index in [0.29, 0.717) is 12.0 Å². The zero-order valence-corrected chi connectivity index (χ0v) is 12.1. The van der Waals surface area contributed by atoms with Crippen molar-refractivity contribution >= 4 is 0 Å². The van der Waals surface area contributed by atoms with E-state index in [1.807, 2.05) is 7.11 Å². The summed E-state index contributed by atoms with van der Waals surface area (Å²) in [6, 6.07) is 0.479. The highest BCUT2D eigenvalue weighted by Gasteiger charge is 2.38. The van der Waals surface area contributed by atoms with E-state index >= 15 is 0 Å². The summed E-state index contributed by atoms with van der Waals surface area (Å²) in [5.41, 5.74) is 0.00664. The van der Waals surface area contributed by atoms with Gasteiger partial charge in [-0.25, -0.2) is 0 Å². The van der Waals surface area contributed by atoms with Crippen molar-refractivity contribution in [3.8, 4) is 0 Å². The average Bonchev–Trinajstić information content (AvgIpc) is 2.33. The summed E-state index contributed by atoms with van der Waals surface area (Å²) in [5.74, 6) is 0.708. The molecule has 0 aromatic carbocycles. The summed E-state index contributed by atoms with van der Waals surface area (Å²) in [6.07, 6.45) is 4.60. The minimum Gasteiger partial charge on any atom is -0.377 e. The van der Waals surface area contributed by atoms with Gasteiger partial charge in [-0.3, -0.25) is 0 Å². The fraction of sp³-hybridized carbons (Fsp3) is 1.00. The number of nitrogens with one attached hydrogen (secondary N) is 1. The van der Waals surface area contributed by atoms with E-state index in [0.717, 1.165) is 19.4 Å². The van der Waals surface area contributed by atoms with Crippen LogP contribution in [0.4, 0.5) is 0 Å². The van der Waals surface area contributed by atoms with Crippen LogP contribution in [0.15, 0.2) is 0 Å². The molecule has 0 bridgehead atoms. The van der Waals surface area contributed by atoms with Gasteiger partial charge in [-0.15, -0.1) is 0 Å². The second kappa shape index (κ2) is 8.08. The van der Waals surface area contributed by atoms with Crippen molar-refractivity contribution in [1.29, 1.82) is 0 Å². The summed E-state index contributed by atoms with van der Waals surface area (Å²) in [7, 11) is 1.86. The van der Waals surface area contributed by atoms with Gasteiger partial charge in [-0.05, 0) is 25.3 Å². The third kappa shape index (κ3) is 3.46. The Morgan fingerprint density at radius 1 is 1.00 bits per heavy atom. The first-order chi connectivity index (χ1) is 7.65. The molecule has 1 atom stereocenters. The fourth-order valence-electron chi connectivity index (χ4n) is 2.87. The zero-order valence-electron chi connectivity index (χ0n) is 12.1. The molecule has 0 aromatic heterocycles. The minimum atomic E-state index is 0.00664. The quantitative estimate of drug-likeness (QED) is 0.652. The van der Waals surface area contributed by atoms with Crippen molar-refractivity contribution in [2.75, 3.05) is 13.7 Å². The molecule has 16 heavy (non-hydrogen) atoms. The highest BCUT2D eigenvalue weighted by molar-refractivity contribution is 4.94. The van der Waals surface area contributed by atoms with Crippen LogP contribution >= 0.6 is 0 Å². The topological polar surface area (TPSA) is 21.3 Å². The van der Waals surface area contributed by atoms with Gasteiger partial charge in [-0.2, -0.15) is 0 Å². The summed E-state index contributed by atoms with van der Waals surface area (Å²) in [5, 5.41) is 3.65. The molecule has 0 aromatic rings. The number of rotatable bonds is 9. The fourth-order valence-corrected chi connectivity index (χ4v) is 2.87. The van der Waals surface area contributed by atoms with Crippen molar-refractivity contribution in [1.82, 2.24) is 5.32 Å². The maximum atomic E-state index is 5.87. The van der Waals surface area contributed by atoms with E-state index in [1.54, 1.807) is 0 Å². The summed E-state index contributed by atoms with van der Waals surface area (Å²) in [6.45, 7) is 12.2. The number of methoxy groups -OCH3 is 1. The van der Waals surface area contributed by atoms with Gasteiger partial charge >= 0.3 is 0 Å². The summed E-state index contributed by atoms with van der Waals surface area (Å²) >= 11 is 0. The van der Waals surface area contributed by atoms with Crippen molar-refractivity contribution in [3.05, 3.63) is 0 Å². The minimum absolute atomic E-state index is 0.00664. The Morgan fingerprint density at radius 2 is 1.50 bits per heavy atom. The van der Waals surface area contributed by atoms with Crippen LogP contribution in [-0.2, 0) is 4.74 Å². The molecule has 0 heterocycles. The predicted octanol–water partition coefficient (Wildman–Crippen LogP) is 3.61. The first kappa shape index (κ1) is 15.9. The first-order valence-corrected chi connectivity index (χ1v) is 6.94. The summed E-state index contributed by atoms with van der Waals surface area (Å²) in [4.78, 5) is 0. The third-order valence-electron chi connectivity index (χ3n) is 4.11. The Labute approximate surface area is 102 Å². The molecule has 0 amide bonds. The van der Waals surface area contributed by atoms with Crippen LogP contribution in [0.1, 0.15) is 60.3 Å². The largest absolute Gasteiger partial charge is 0.377 e. The van der Waals surface area contributed by atoms with E-state index in [4.69, 9.17) is 4.74 Å². The molecule has 0 aliphatic heterocycles. The molecule has 0 spiro atoms. The van der Waals surface area contributed by atoms with E-state index in [2.05, 4.69) is 39.9 Å². The molecular weight excluding hydrogens is 198 g/mol. The van der Waals surface area contributed by atoms with Crippen LogP contribution in [0.3, 0.4) is 0 Å². The molecule has 0 rings (SSSR count). The lowest BCUT2D eigenvalue weighted by molar-refractivity contribution is -0.0635. The molecule has 1 N–H and O–H groups in total. The third-order valence-corrected chi connectivity index (χ3v) is 4.11. The highest BCUT2D eigenvalue weighted by atomic mass is 16.5. The lowest BCUT2D eigenvalue weighted by Crippen LogP contribution is -2.55. The molecule has 1 unspecified atom stereocenters. The molecule has 2 nitrogen and oxygen atoms in total. The van der Waals surface area contributed by atoms with E-state index in [1.165, 1.54) is 12.8 Å². The van der Waals surface area contributed by atoms with Gasteiger partial charge in [0.05, 0.1) is 5.60 Å². The van der Waals surface area contributed by atoms with Crippen molar-refractivity contribution in [2.24, 2.45) is 5.92 Å². The van der Waals surface area contributed by atoms with Crippen LogP contribution < -0.4 is 5.32 Å². The SMILES string of the molecule is CCNC(C(CC)CC)C(CC)(CC)OC. The maximum absolute atomic E-state index is 5.87. The van der Waals surface area contributed by atoms with Crippen LogP contribution in [0.5, 0.6) is 0 Å². The highest BCUT2D eigenvalue weighted by Crippen LogP contribution is 2.31. The number of hydrogen-bond acceptors (Lipinski definition) is 2. The second-order valence-electron chi connectivity index (χ2n) is 4.59. The normalized spacial score (nSPS) is 14.4. The molecule has 0 radical (unpaired) electrons. The summed E-state index contributed by atoms with van der Waals surface area (Å²) < 4.78 is 5.87. The Bertz CT molecular complexity index is 154. The van der Waals surface area contributed by atoms with Gasteiger partial charge in [0.15, 0.2) is 0 Å². The molecule has 98 valence electrons. The molecule has 0 saturated carbocycles. The van der Waals surface area contributed by atoms with Crippen molar-refractivity contribution < 1.29 is 4.74 Å². The lowest BCUT2D eigenvalue weighted by Gasteiger charge is -2.43. The standard InChI is InChI=1S/C14H31NO/c1-7-12(8-2)13(15-11-5)14(9-3,10-4)16-6/h12-13,15H,7-11H2,1-6H3. The van der Waals surface area contributed by atoms with E-state index in [9.17, 15) is 0 Å². The van der Waals surface area contributed by atoms with Gasteiger partial charge in [0.25, 0.3) is 0 Å². The monoisotopic (exact) mass is 229 g/mol. The molecule has 0 saturated heterocycles. The molecule has 0 aliphatic carbocycles. The number of ether oxygens (including phenoxy) is 1. The molecule has 2 heteroatoms. The van der Waals surface area contributed by atoms with Gasteiger partial charge in [-0.1, -0.05) is 47.5 Å². The number of likely N-dealkylation sites (N-methyl/N-ethyl adjacent to an activating group) is 1. The van der Waals surface area contributed by atoms with Gasteiger partial charge in [0.2, 0.25) is 0 Å². The smallest absolute Gasteiger partial charge is 0.0828 e. The predicted molar refractivity (Wildman–Crippen MR) is 71.9 cm³/mol. The van der Waals surface area contributed by atoms with Crippen LogP contribution in [0, 0.1) is 5.92 Å². The lowest BCUT2D eigenvalue weighted by atomic mass is 9.78. The average molecular weight is 229 g/mol. The molecular formula is C14H31NO. The van der Waals surface area contributed by atoms with Gasteiger partial charge in [0.1, 0.15) is 0 Å². The maximum Gasteiger partial charge on any atom is 0.0828 e. The number of hydrogen-bond donors (Lipinski definition) is 1. The Kier molecular flexibility index (Phi) is 8.04. The van der Waals surface area contributed by atoms with Crippen LogP contribution in [0.2, 0.25) is 0 Å². The Morgan fingerprint density at radius 3 is 1.75 bits per heavy atom. The van der Waals surface area contributed by atoms with Gasteiger partial charge < -0.3 is 10.1 Å². The molecule has 0 fully saturated rings. The second-order valence-corrected chi connectivity index (χ2v) is 4.59. The Hall–Kier alpha value is -0.0800. The van der Waals surface area contributed by atoms with Crippen molar-refractivity contribution in [3.63, 3.8) is 0 Å². The zero-order chi connectivity index (χ0) is 12.6. The van der Waals surface area contributed by atoms with Crippen LogP contribution in [-0.4, -0.2) is 25.3 Å². The van der Waals surface area contributed by atoms with E-state index in [-0.39, 0.29) is 5.60 Å². The first-order valence-electron chi connectivity index (χ1n) is 6.94. The van der Waals surface area contributed by atoms with Crippen LogP contribution in [0.25, 0.3) is 0 Å². The van der Waals surface area contributed by atoms with Gasteiger partial charge in [0, 0.05) is 13.2 Å². The molecule has 0 aliphatic rings. The van der Waals surface area contributed by atoms with Crippen molar-refractivity contribution in [2.45, 2.75) is 71.9 Å².